The Labute approximate surface area is 253 Å². The number of hydrogen-bond donors (Lipinski definition) is 1. The Balaban J connectivity index is 1.22. The zero-order valence-electron chi connectivity index (χ0n) is 25.9. The minimum absolute atomic E-state index is 0.0914. The Morgan fingerprint density at radius 3 is 2.44 bits per heavy atom. The standard InChI is InChI=1S/C35H42N2O6/c1-19-7-9-24-25-11-12-37-18-23-16-31(43-32(39)10-8-22-14-29(40-4)20(2)30(15-22)41-5)35(42-6)33(21(3)38)26(23)17-28(37)34(25)36-27(24)13-19/h7-10,13-15,23,26,28,31,33,35-36H,11-12,16-18H2,1-6H3/b10-8+/t23-,26+,28-,31-,33+,35+/m1/s1. The van der Waals surface area contributed by atoms with Crippen LogP contribution >= 0.6 is 0 Å². The number of ketones is 1. The molecule has 0 amide bonds. The van der Waals surface area contributed by atoms with Crippen molar-refractivity contribution >= 4 is 28.7 Å². The van der Waals surface area contributed by atoms with Gasteiger partial charge in [0, 0.05) is 48.4 Å². The quantitative estimate of drug-likeness (QED) is 0.285. The first-order valence-electron chi connectivity index (χ1n) is 15.2. The number of aromatic nitrogens is 1. The summed E-state index contributed by atoms with van der Waals surface area (Å²) in [7, 11) is 4.83. The number of nitrogens with zero attached hydrogens (tertiary/aromatic N) is 1. The first-order chi connectivity index (χ1) is 20.7. The summed E-state index contributed by atoms with van der Waals surface area (Å²) in [6.07, 6.45) is 4.67. The average Bonchev–Trinajstić information content (AvgIpc) is 3.36. The number of aryl methyl sites for hydroxylation is 1. The lowest BCUT2D eigenvalue weighted by molar-refractivity contribution is -0.176. The van der Waals surface area contributed by atoms with E-state index in [0.717, 1.165) is 37.1 Å². The van der Waals surface area contributed by atoms with Gasteiger partial charge in [0.25, 0.3) is 0 Å². The third-order valence-corrected chi connectivity index (χ3v) is 10.00. The lowest BCUT2D eigenvalue weighted by atomic mass is 9.63. The molecule has 0 bridgehead atoms. The van der Waals surface area contributed by atoms with E-state index in [0.29, 0.717) is 17.9 Å². The van der Waals surface area contributed by atoms with Gasteiger partial charge in [-0.3, -0.25) is 9.69 Å². The van der Waals surface area contributed by atoms with Crippen LogP contribution in [0.25, 0.3) is 17.0 Å². The summed E-state index contributed by atoms with van der Waals surface area (Å²) in [5.74, 6) is 1.03. The molecule has 8 heteroatoms. The molecule has 1 N–H and O–H groups in total. The molecule has 2 fully saturated rings. The second-order valence-electron chi connectivity index (χ2n) is 12.4. The van der Waals surface area contributed by atoms with Gasteiger partial charge in [0.05, 0.1) is 26.2 Å². The van der Waals surface area contributed by atoms with E-state index < -0.39 is 18.2 Å². The van der Waals surface area contributed by atoms with Crippen LogP contribution in [-0.2, 0) is 25.5 Å². The first kappa shape index (κ1) is 29.5. The largest absolute Gasteiger partial charge is 0.496 e. The highest BCUT2D eigenvalue weighted by Crippen LogP contribution is 2.50. The number of fused-ring (bicyclic) bond motifs is 6. The molecule has 1 saturated carbocycles. The second-order valence-corrected chi connectivity index (χ2v) is 12.4. The van der Waals surface area contributed by atoms with Crippen LogP contribution in [0.2, 0.25) is 0 Å². The van der Waals surface area contributed by atoms with E-state index in [-0.39, 0.29) is 29.6 Å². The lowest BCUT2D eigenvalue weighted by Gasteiger charge is -2.53. The Bertz CT molecular complexity index is 1550. The number of hydrogen-bond acceptors (Lipinski definition) is 7. The van der Waals surface area contributed by atoms with Gasteiger partial charge < -0.3 is 23.9 Å². The van der Waals surface area contributed by atoms with Gasteiger partial charge >= 0.3 is 5.97 Å². The van der Waals surface area contributed by atoms with Crippen molar-refractivity contribution in [2.75, 3.05) is 34.4 Å². The molecule has 0 radical (unpaired) electrons. The predicted octanol–water partition coefficient (Wildman–Crippen LogP) is 5.59. The van der Waals surface area contributed by atoms with Gasteiger partial charge in [0.1, 0.15) is 29.5 Å². The minimum Gasteiger partial charge on any atom is -0.496 e. The van der Waals surface area contributed by atoms with Gasteiger partial charge in [-0.15, -0.1) is 0 Å². The number of aromatic amines is 1. The summed E-state index contributed by atoms with van der Waals surface area (Å²) in [6.45, 7) is 7.55. The number of esters is 1. The molecule has 6 atom stereocenters. The second kappa shape index (κ2) is 11.8. The molecule has 2 aromatic carbocycles. The summed E-state index contributed by atoms with van der Waals surface area (Å²) < 4.78 is 22.9. The number of benzene rings is 2. The number of nitrogens with one attached hydrogen (secondary N) is 1. The van der Waals surface area contributed by atoms with Gasteiger partial charge in [0.15, 0.2) is 0 Å². The summed E-state index contributed by atoms with van der Waals surface area (Å²) in [6, 6.07) is 10.6. The Morgan fingerprint density at radius 1 is 1.02 bits per heavy atom. The van der Waals surface area contributed by atoms with Crippen molar-refractivity contribution in [2.45, 2.75) is 58.3 Å². The molecule has 0 unspecified atom stereocenters. The maximum Gasteiger partial charge on any atom is 0.331 e. The maximum atomic E-state index is 13.2. The lowest BCUT2D eigenvalue weighted by Crippen LogP contribution is -2.58. The van der Waals surface area contributed by atoms with Crippen molar-refractivity contribution in [1.82, 2.24) is 9.88 Å². The molecule has 3 aliphatic rings. The average molecular weight is 587 g/mol. The minimum atomic E-state index is -0.507. The smallest absolute Gasteiger partial charge is 0.331 e. The zero-order chi connectivity index (χ0) is 30.4. The number of carbonyl (C=O) groups is 2. The third kappa shape index (κ3) is 5.36. The highest BCUT2D eigenvalue weighted by Gasteiger charge is 2.53. The molecule has 1 saturated heterocycles. The fourth-order valence-corrected chi connectivity index (χ4v) is 8.01. The van der Waals surface area contributed by atoms with Crippen LogP contribution in [0.15, 0.2) is 36.4 Å². The van der Waals surface area contributed by atoms with Crippen LogP contribution in [0.1, 0.15) is 53.8 Å². The van der Waals surface area contributed by atoms with Gasteiger partial charge in [-0.05, 0) is 92.8 Å². The van der Waals surface area contributed by atoms with E-state index >= 15 is 0 Å². The Hall–Kier alpha value is -3.62. The van der Waals surface area contributed by atoms with Crippen molar-refractivity contribution < 1.29 is 28.5 Å². The van der Waals surface area contributed by atoms with Gasteiger partial charge in [-0.25, -0.2) is 4.79 Å². The van der Waals surface area contributed by atoms with Gasteiger partial charge in [-0.1, -0.05) is 12.1 Å². The summed E-state index contributed by atoms with van der Waals surface area (Å²) in [5, 5.41) is 1.31. The summed E-state index contributed by atoms with van der Waals surface area (Å²) in [5.41, 5.74) is 6.80. The van der Waals surface area contributed by atoms with Crippen LogP contribution in [0.5, 0.6) is 11.5 Å². The van der Waals surface area contributed by atoms with E-state index in [1.54, 1.807) is 34.3 Å². The molecular formula is C35H42N2O6. The molecular weight excluding hydrogens is 544 g/mol. The Kier molecular flexibility index (Phi) is 8.09. The molecule has 43 heavy (non-hydrogen) atoms. The SMILES string of the molecule is COc1cc(/C=C/C(=O)O[C@@H]2C[C@@H]3CN4CCc5c([nH]c6cc(C)ccc56)[C@H]4C[C@@H]3[C@H](C(C)=O)[C@H]2OC)cc(OC)c1C. The highest BCUT2D eigenvalue weighted by atomic mass is 16.6. The third-order valence-electron chi connectivity index (χ3n) is 10.00. The van der Waals surface area contributed by atoms with Crippen molar-refractivity contribution in [1.29, 1.82) is 0 Å². The van der Waals surface area contributed by atoms with Crippen LogP contribution in [0, 0.1) is 31.6 Å². The number of ether oxygens (including phenoxy) is 4. The zero-order valence-corrected chi connectivity index (χ0v) is 25.9. The van der Waals surface area contributed by atoms with Crippen LogP contribution < -0.4 is 9.47 Å². The number of Topliss-reactive ketones (excluding diaryl/α,β-unsaturated/α-hetero) is 1. The fourth-order valence-electron chi connectivity index (χ4n) is 8.01. The Morgan fingerprint density at radius 2 is 1.77 bits per heavy atom. The number of H-pyrrole nitrogens is 1. The maximum absolute atomic E-state index is 13.2. The fraction of sp³-hybridized carbons (Fsp3) is 0.486. The van der Waals surface area contributed by atoms with Crippen molar-refractivity contribution in [3.05, 3.63) is 64.4 Å². The van der Waals surface area contributed by atoms with Crippen molar-refractivity contribution in [3.63, 3.8) is 0 Å². The molecule has 3 aromatic rings. The van der Waals surface area contributed by atoms with E-state index in [1.165, 1.54) is 33.8 Å². The van der Waals surface area contributed by atoms with Gasteiger partial charge in [-0.2, -0.15) is 0 Å². The monoisotopic (exact) mass is 586 g/mol. The van der Waals surface area contributed by atoms with Crippen LogP contribution in [0.4, 0.5) is 0 Å². The van der Waals surface area contributed by atoms with Crippen molar-refractivity contribution in [2.24, 2.45) is 17.8 Å². The predicted molar refractivity (Wildman–Crippen MR) is 165 cm³/mol. The molecule has 8 nitrogen and oxygen atoms in total. The van der Waals surface area contributed by atoms with E-state index in [1.807, 2.05) is 19.1 Å². The topological polar surface area (TPSA) is 90.1 Å². The molecule has 1 aliphatic carbocycles. The number of methoxy groups -OCH3 is 3. The summed E-state index contributed by atoms with van der Waals surface area (Å²) in [4.78, 5) is 32.6. The van der Waals surface area contributed by atoms with Crippen LogP contribution in [-0.4, -0.2) is 68.3 Å². The molecule has 228 valence electrons. The van der Waals surface area contributed by atoms with E-state index in [4.69, 9.17) is 18.9 Å². The van der Waals surface area contributed by atoms with Gasteiger partial charge in [0.2, 0.25) is 0 Å². The number of piperidine rings is 1. The first-order valence-corrected chi connectivity index (χ1v) is 15.2. The number of carbonyl (C=O) groups excluding carboxylic acids is 2. The highest BCUT2D eigenvalue weighted by molar-refractivity contribution is 5.88. The molecule has 1 aromatic heterocycles. The number of rotatable bonds is 7. The van der Waals surface area contributed by atoms with Crippen molar-refractivity contribution in [3.8, 4) is 11.5 Å². The molecule has 3 heterocycles. The van der Waals surface area contributed by atoms with Crippen LogP contribution in [0.3, 0.4) is 0 Å². The van der Waals surface area contributed by atoms with E-state index in [9.17, 15) is 9.59 Å². The summed E-state index contributed by atoms with van der Waals surface area (Å²) >= 11 is 0. The molecule has 0 spiro atoms. The molecule has 2 aliphatic heterocycles. The van der Waals surface area contributed by atoms with E-state index in [2.05, 4.69) is 35.0 Å². The normalized spacial score (nSPS) is 26.9. The molecule has 6 rings (SSSR count).